The van der Waals surface area contributed by atoms with Crippen molar-refractivity contribution >= 4 is 17.3 Å². The molecule has 0 saturated carbocycles. The zero-order chi connectivity index (χ0) is 12.4. The summed E-state index contributed by atoms with van der Waals surface area (Å²) in [6.45, 7) is 3.72. The lowest BCUT2D eigenvalue weighted by Gasteiger charge is -2.06. The van der Waals surface area contributed by atoms with E-state index in [1.165, 1.54) is 6.26 Å². The summed E-state index contributed by atoms with van der Waals surface area (Å²) in [4.78, 5) is 11.9. The maximum Gasteiger partial charge on any atom is 0.291 e. The summed E-state index contributed by atoms with van der Waals surface area (Å²) in [5.74, 6) is 0.0798. The first kappa shape index (κ1) is 11.3. The van der Waals surface area contributed by atoms with E-state index in [9.17, 15) is 4.79 Å². The third kappa shape index (κ3) is 2.30. The van der Waals surface area contributed by atoms with Crippen molar-refractivity contribution in [1.29, 1.82) is 0 Å². The van der Waals surface area contributed by atoms with Gasteiger partial charge in [0, 0.05) is 16.9 Å². The molecule has 0 saturated heterocycles. The van der Waals surface area contributed by atoms with Crippen molar-refractivity contribution in [2.45, 2.75) is 13.8 Å². The molecule has 17 heavy (non-hydrogen) atoms. The lowest BCUT2D eigenvalue weighted by atomic mass is 10.2. The average Bonchev–Trinajstić information content (AvgIpc) is 2.70. The summed E-state index contributed by atoms with van der Waals surface area (Å²) >= 11 is 0. The summed E-state index contributed by atoms with van der Waals surface area (Å²) in [7, 11) is 0. The molecule has 0 aliphatic rings. The predicted molar refractivity (Wildman–Crippen MR) is 67.0 cm³/mol. The molecule has 0 bridgehead atoms. The lowest BCUT2D eigenvalue weighted by molar-refractivity contribution is 0.0996. The lowest BCUT2D eigenvalue weighted by Crippen LogP contribution is -2.12. The van der Waals surface area contributed by atoms with Gasteiger partial charge in [0.2, 0.25) is 0 Å². The minimum absolute atomic E-state index is 0.253. The van der Waals surface area contributed by atoms with Crippen LogP contribution in [0.4, 0.5) is 11.4 Å². The van der Waals surface area contributed by atoms with Crippen LogP contribution in [0.5, 0.6) is 0 Å². The molecule has 0 aliphatic heterocycles. The summed E-state index contributed by atoms with van der Waals surface area (Å²) < 4.78 is 5.12. The number of carbonyl (C=O) groups excluding carboxylic acids is 1. The summed E-state index contributed by atoms with van der Waals surface area (Å²) in [6.07, 6.45) is 1.50. The highest BCUT2D eigenvalue weighted by molar-refractivity contribution is 6.03. The van der Waals surface area contributed by atoms with Crippen LogP contribution in [0.3, 0.4) is 0 Å². The topological polar surface area (TPSA) is 68.3 Å². The van der Waals surface area contributed by atoms with E-state index < -0.39 is 0 Å². The number of benzene rings is 1. The molecule has 0 fully saturated rings. The van der Waals surface area contributed by atoms with Crippen LogP contribution in [0, 0.1) is 13.8 Å². The van der Waals surface area contributed by atoms with Crippen molar-refractivity contribution in [3.8, 4) is 0 Å². The predicted octanol–water partition coefficient (Wildman–Crippen LogP) is 2.73. The molecule has 1 aromatic carbocycles. The van der Waals surface area contributed by atoms with Crippen molar-refractivity contribution in [3.05, 3.63) is 47.4 Å². The van der Waals surface area contributed by atoms with E-state index in [-0.39, 0.29) is 5.91 Å². The second-order valence-corrected chi connectivity index (χ2v) is 3.96. The Kier molecular flexibility index (Phi) is 2.87. The fourth-order valence-electron chi connectivity index (χ4n) is 1.55. The Balaban J connectivity index is 2.19. The Morgan fingerprint density at radius 1 is 1.24 bits per heavy atom. The minimum atomic E-state index is -0.253. The highest BCUT2D eigenvalue weighted by Gasteiger charge is 2.12. The number of nitrogens with one attached hydrogen (secondary N) is 1. The number of nitrogen functional groups attached to an aromatic ring is 1. The van der Waals surface area contributed by atoms with Crippen LogP contribution in [0.2, 0.25) is 0 Å². The molecule has 0 aliphatic carbocycles. The SMILES string of the molecule is Cc1cc(NC(=O)c2occc2C)ccc1N. The number of hydrogen-bond acceptors (Lipinski definition) is 3. The Labute approximate surface area is 99.4 Å². The van der Waals surface area contributed by atoms with Gasteiger partial charge in [-0.15, -0.1) is 0 Å². The molecular formula is C13H14N2O2. The van der Waals surface area contributed by atoms with E-state index in [1.54, 1.807) is 18.2 Å². The minimum Gasteiger partial charge on any atom is -0.459 e. The van der Waals surface area contributed by atoms with Crippen LogP contribution >= 0.6 is 0 Å². The van der Waals surface area contributed by atoms with Gasteiger partial charge in [0.05, 0.1) is 6.26 Å². The number of anilines is 2. The van der Waals surface area contributed by atoms with Gasteiger partial charge >= 0.3 is 0 Å². The first-order chi connectivity index (χ1) is 8.08. The Morgan fingerprint density at radius 2 is 2.00 bits per heavy atom. The summed E-state index contributed by atoms with van der Waals surface area (Å²) in [5, 5.41) is 2.76. The molecule has 2 rings (SSSR count). The molecule has 88 valence electrons. The van der Waals surface area contributed by atoms with Gasteiger partial charge in [-0.2, -0.15) is 0 Å². The van der Waals surface area contributed by atoms with E-state index in [1.807, 2.05) is 19.9 Å². The standard InChI is InChI=1S/C13H14N2O2/c1-8-5-6-17-12(8)13(16)15-10-3-4-11(14)9(2)7-10/h3-7H,14H2,1-2H3,(H,15,16). The van der Waals surface area contributed by atoms with Gasteiger partial charge in [-0.05, 0) is 43.7 Å². The highest BCUT2D eigenvalue weighted by atomic mass is 16.3. The molecule has 1 amide bonds. The Hall–Kier alpha value is -2.23. The zero-order valence-corrected chi connectivity index (χ0v) is 9.78. The van der Waals surface area contributed by atoms with Crippen LogP contribution < -0.4 is 11.1 Å². The Morgan fingerprint density at radius 3 is 2.59 bits per heavy atom. The van der Waals surface area contributed by atoms with E-state index in [4.69, 9.17) is 10.2 Å². The van der Waals surface area contributed by atoms with E-state index in [0.29, 0.717) is 17.1 Å². The monoisotopic (exact) mass is 230 g/mol. The molecule has 4 heteroatoms. The van der Waals surface area contributed by atoms with Crippen molar-refractivity contribution in [3.63, 3.8) is 0 Å². The van der Waals surface area contributed by atoms with Crippen molar-refractivity contribution in [2.75, 3.05) is 11.1 Å². The van der Waals surface area contributed by atoms with Crippen molar-refractivity contribution in [2.24, 2.45) is 0 Å². The van der Waals surface area contributed by atoms with Gasteiger partial charge in [0.1, 0.15) is 0 Å². The number of nitrogens with two attached hydrogens (primary N) is 1. The smallest absolute Gasteiger partial charge is 0.291 e. The second kappa shape index (κ2) is 4.33. The summed E-state index contributed by atoms with van der Waals surface area (Å²) in [5.41, 5.74) is 8.86. The second-order valence-electron chi connectivity index (χ2n) is 3.96. The third-order valence-electron chi connectivity index (χ3n) is 2.60. The van der Waals surface area contributed by atoms with Crippen LogP contribution in [-0.4, -0.2) is 5.91 Å². The van der Waals surface area contributed by atoms with Crippen LogP contribution in [0.15, 0.2) is 34.9 Å². The average molecular weight is 230 g/mol. The molecule has 1 aromatic heterocycles. The first-order valence-corrected chi connectivity index (χ1v) is 5.29. The molecule has 1 heterocycles. The zero-order valence-electron chi connectivity index (χ0n) is 9.78. The van der Waals surface area contributed by atoms with Crippen LogP contribution in [-0.2, 0) is 0 Å². The van der Waals surface area contributed by atoms with Gasteiger partial charge in [0.25, 0.3) is 5.91 Å². The fourth-order valence-corrected chi connectivity index (χ4v) is 1.55. The summed E-state index contributed by atoms with van der Waals surface area (Å²) in [6, 6.07) is 7.10. The van der Waals surface area contributed by atoms with E-state index in [0.717, 1.165) is 11.1 Å². The number of rotatable bonds is 2. The van der Waals surface area contributed by atoms with Gasteiger partial charge in [-0.3, -0.25) is 4.79 Å². The quantitative estimate of drug-likeness (QED) is 0.779. The van der Waals surface area contributed by atoms with Crippen molar-refractivity contribution < 1.29 is 9.21 Å². The van der Waals surface area contributed by atoms with Gasteiger partial charge < -0.3 is 15.5 Å². The third-order valence-corrected chi connectivity index (χ3v) is 2.60. The Bertz CT molecular complexity index is 558. The number of hydrogen-bond donors (Lipinski definition) is 2. The van der Waals surface area contributed by atoms with E-state index >= 15 is 0 Å². The number of furan rings is 1. The van der Waals surface area contributed by atoms with Gasteiger partial charge in [0.15, 0.2) is 5.76 Å². The van der Waals surface area contributed by atoms with Crippen LogP contribution in [0.25, 0.3) is 0 Å². The maximum atomic E-state index is 11.9. The normalized spacial score (nSPS) is 10.2. The van der Waals surface area contributed by atoms with Crippen LogP contribution in [0.1, 0.15) is 21.7 Å². The molecule has 0 spiro atoms. The van der Waals surface area contributed by atoms with Crippen molar-refractivity contribution in [1.82, 2.24) is 0 Å². The number of aryl methyl sites for hydroxylation is 2. The highest BCUT2D eigenvalue weighted by Crippen LogP contribution is 2.18. The largest absolute Gasteiger partial charge is 0.459 e. The molecular weight excluding hydrogens is 216 g/mol. The molecule has 0 radical (unpaired) electrons. The molecule has 0 unspecified atom stereocenters. The molecule has 2 aromatic rings. The molecule has 3 N–H and O–H groups in total. The molecule has 4 nitrogen and oxygen atoms in total. The van der Waals surface area contributed by atoms with Gasteiger partial charge in [-0.1, -0.05) is 0 Å². The molecule has 0 atom stereocenters. The number of amides is 1. The number of carbonyl (C=O) groups is 1. The van der Waals surface area contributed by atoms with Gasteiger partial charge in [-0.25, -0.2) is 0 Å². The first-order valence-electron chi connectivity index (χ1n) is 5.29. The maximum absolute atomic E-state index is 11.9. The fraction of sp³-hybridized carbons (Fsp3) is 0.154. The van der Waals surface area contributed by atoms with E-state index in [2.05, 4.69) is 5.32 Å².